The minimum Gasteiger partial charge on any atom is -0.378 e. The summed E-state index contributed by atoms with van der Waals surface area (Å²) in [6, 6.07) is 8.01. The number of ether oxygens (including phenoxy) is 3. The van der Waals surface area contributed by atoms with Crippen molar-refractivity contribution in [2.75, 3.05) is 0 Å². The predicted molar refractivity (Wildman–Crippen MR) is 82.8 cm³/mol. The molecule has 2 saturated heterocycles. The van der Waals surface area contributed by atoms with Gasteiger partial charge < -0.3 is 19.3 Å². The molecule has 4 atom stereocenters. The standard InChI is InChI=1S/C17H19N3O4/c1-9-4-6-10(7-5-9)12-13-17(21)11(8-20(13)19-18-12)22-15-14(17)23-16(2,3)24-15/h4-7,11,14-15,21H,8H2,1-3H3/t11-,14+,15-,17+/m1/s1. The quantitative estimate of drug-likeness (QED) is 0.850. The van der Waals surface area contributed by atoms with Crippen LogP contribution in [0.4, 0.5) is 0 Å². The highest BCUT2D eigenvalue weighted by molar-refractivity contribution is 5.64. The largest absolute Gasteiger partial charge is 0.378 e. The van der Waals surface area contributed by atoms with Gasteiger partial charge in [0.15, 0.2) is 17.7 Å². The minimum atomic E-state index is -1.32. The van der Waals surface area contributed by atoms with Crippen LogP contribution in [0.25, 0.3) is 11.3 Å². The van der Waals surface area contributed by atoms with Gasteiger partial charge in [-0.1, -0.05) is 35.0 Å². The van der Waals surface area contributed by atoms with Gasteiger partial charge in [-0.25, -0.2) is 4.68 Å². The Balaban J connectivity index is 1.63. The van der Waals surface area contributed by atoms with E-state index in [9.17, 15) is 5.11 Å². The number of fused-ring (bicyclic) bond motifs is 5. The minimum absolute atomic E-state index is 0.435. The molecule has 24 heavy (non-hydrogen) atoms. The molecule has 7 heteroatoms. The summed E-state index contributed by atoms with van der Waals surface area (Å²) < 4.78 is 19.4. The Labute approximate surface area is 139 Å². The second-order valence-corrected chi connectivity index (χ2v) is 7.21. The number of aliphatic hydroxyl groups is 1. The van der Waals surface area contributed by atoms with Gasteiger partial charge >= 0.3 is 0 Å². The lowest BCUT2D eigenvalue weighted by molar-refractivity contribution is -0.228. The molecule has 1 N–H and O–H groups in total. The summed E-state index contributed by atoms with van der Waals surface area (Å²) in [5.41, 5.74) is 2.07. The van der Waals surface area contributed by atoms with Gasteiger partial charge in [-0.2, -0.15) is 0 Å². The molecule has 2 aromatic rings. The molecule has 0 amide bonds. The molecular weight excluding hydrogens is 310 g/mol. The zero-order valence-electron chi connectivity index (χ0n) is 13.8. The molecule has 3 aliphatic rings. The van der Waals surface area contributed by atoms with E-state index < -0.39 is 29.9 Å². The SMILES string of the molecule is Cc1ccc(-c2nnn3c2[C@@]2(O)[C@@H](C3)O[C@@H]3OC(C)(C)O[C@@H]32)cc1. The molecule has 0 radical (unpaired) electrons. The lowest BCUT2D eigenvalue weighted by Crippen LogP contribution is -2.44. The summed E-state index contributed by atoms with van der Waals surface area (Å²) in [7, 11) is 0. The van der Waals surface area contributed by atoms with Crippen molar-refractivity contribution in [2.45, 2.75) is 57.2 Å². The van der Waals surface area contributed by atoms with Crippen LogP contribution < -0.4 is 0 Å². The molecule has 0 saturated carbocycles. The number of nitrogens with zero attached hydrogens (tertiary/aromatic N) is 3. The second-order valence-electron chi connectivity index (χ2n) is 7.21. The molecule has 3 aliphatic heterocycles. The molecule has 0 unspecified atom stereocenters. The second kappa shape index (κ2) is 4.43. The number of hydrogen-bond donors (Lipinski definition) is 1. The maximum atomic E-state index is 11.5. The number of hydrogen-bond acceptors (Lipinski definition) is 6. The van der Waals surface area contributed by atoms with E-state index in [1.807, 2.05) is 45.0 Å². The van der Waals surface area contributed by atoms with Gasteiger partial charge in [-0.3, -0.25) is 0 Å². The summed E-state index contributed by atoms with van der Waals surface area (Å²) in [6.45, 7) is 6.10. The van der Waals surface area contributed by atoms with Crippen LogP contribution in [0, 0.1) is 6.92 Å². The lowest BCUT2D eigenvalue weighted by atomic mass is 9.89. The monoisotopic (exact) mass is 329 g/mol. The van der Waals surface area contributed by atoms with Crippen molar-refractivity contribution >= 4 is 0 Å². The fourth-order valence-electron chi connectivity index (χ4n) is 3.95. The van der Waals surface area contributed by atoms with Crippen molar-refractivity contribution in [3.05, 3.63) is 35.5 Å². The zero-order valence-corrected chi connectivity index (χ0v) is 13.8. The van der Waals surface area contributed by atoms with E-state index >= 15 is 0 Å². The van der Waals surface area contributed by atoms with Crippen LogP contribution in [0.5, 0.6) is 0 Å². The van der Waals surface area contributed by atoms with Gasteiger partial charge in [0, 0.05) is 5.56 Å². The van der Waals surface area contributed by atoms with Crippen molar-refractivity contribution < 1.29 is 19.3 Å². The molecule has 0 aliphatic carbocycles. The smallest absolute Gasteiger partial charge is 0.191 e. The van der Waals surface area contributed by atoms with E-state index in [-0.39, 0.29) is 0 Å². The summed E-state index contributed by atoms with van der Waals surface area (Å²) in [6.07, 6.45) is -1.62. The summed E-state index contributed by atoms with van der Waals surface area (Å²) in [4.78, 5) is 0. The van der Waals surface area contributed by atoms with E-state index in [0.717, 1.165) is 11.1 Å². The maximum Gasteiger partial charge on any atom is 0.191 e. The molecule has 7 nitrogen and oxygen atoms in total. The van der Waals surface area contributed by atoms with Crippen LogP contribution in [-0.4, -0.2) is 44.4 Å². The Hall–Kier alpha value is -1.80. The fourth-order valence-corrected chi connectivity index (χ4v) is 3.95. The molecule has 126 valence electrons. The number of rotatable bonds is 1. The van der Waals surface area contributed by atoms with Gasteiger partial charge in [0.2, 0.25) is 0 Å². The number of aromatic nitrogens is 3. The summed E-state index contributed by atoms with van der Waals surface area (Å²) >= 11 is 0. The predicted octanol–water partition coefficient (Wildman–Crippen LogP) is 1.33. The topological polar surface area (TPSA) is 78.6 Å². The van der Waals surface area contributed by atoms with Crippen molar-refractivity contribution in [3.8, 4) is 11.3 Å². The lowest BCUT2D eigenvalue weighted by Gasteiger charge is -2.28. The Morgan fingerprint density at radius 2 is 1.96 bits per heavy atom. The average molecular weight is 329 g/mol. The molecule has 1 aromatic heterocycles. The van der Waals surface area contributed by atoms with Crippen LogP contribution in [-0.2, 0) is 26.4 Å². The highest BCUT2D eigenvalue weighted by Crippen LogP contribution is 2.52. The van der Waals surface area contributed by atoms with Crippen LogP contribution in [0.1, 0.15) is 25.1 Å². The third-order valence-electron chi connectivity index (χ3n) is 5.06. The maximum absolute atomic E-state index is 11.5. The van der Waals surface area contributed by atoms with Crippen LogP contribution >= 0.6 is 0 Å². The zero-order chi connectivity index (χ0) is 16.7. The van der Waals surface area contributed by atoms with Crippen LogP contribution in [0.2, 0.25) is 0 Å². The van der Waals surface area contributed by atoms with Crippen molar-refractivity contribution in [2.24, 2.45) is 0 Å². The van der Waals surface area contributed by atoms with Gasteiger partial charge in [-0.05, 0) is 20.8 Å². The first-order valence-electron chi connectivity index (χ1n) is 8.13. The third-order valence-corrected chi connectivity index (χ3v) is 5.06. The van der Waals surface area contributed by atoms with E-state index in [4.69, 9.17) is 14.2 Å². The Bertz CT molecular complexity index is 816. The third kappa shape index (κ3) is 1.75. The molecule has 2 fully saturated rings. The highest BCUT2D eigenvalue weighted by Gasteiger charge is 2.68. The van der Waals surface area contributed by atoms with Gasteiger partial charge in [0.05, 0.1) is 6.54 Å². The number of benzene rings is 1. The molecule has 1 aromatic carbocycles. The molecule has 0 bridgehead atoms. The number of aryl methyl sites for hydroxylation is 1. The summed E-state index contributed by atoms with van der Waals surface area (Å²) in [5.74, 6) is -0.791. The molecule has 4 heterocycles. The first-order valence-corrected chi connectivity index (χ1v) is 8.13. The van der Waals surface area contributed by atoms with Crippen LogP contribution in [0.3, 0.4) is 0 Å². The van der Waals surface area contributed by atoms with Gasteiger partial charge in [0.1, 0.15) is 23.6 Å². The first-order chi connectivity index (χ1) is 11.4. The average Bonchev–Trinajstić information content (AvgIpc) is 3.19. The Morgan fingerprint density at radius 3 is 2.71 bits per heavy atom. The van der Waals surface area contributed by atoms with Gasteiger partial charge in [-0.15, -0.1) is 5.10 Å². The van der Waals surface area contributed by atoms with E-state index in [0.29, 0.717) is 17.9 Å². The summed E-state index contributed by atoms with van der Waals surface area (Å²) in [5, 5.41) is 20.0. The molecule has 0 spiro atoms. The molecule has 5 rings (SSSR count). The van der Waals surface area contributed by atoms with Gasteiger partial charge in [0.25, 0.3) is 0 Å². The molecular formula is C17H19N3O4. The van der Waals surface area contributed by atoms with E-state index in [1.165, 1.54) is 0 Å². The van der Waals surface area contributed by atoms with E-state index in [1.54, 1.807) is 4.68 Å². The normalized spacial score (nSPS) is 35.8. The van der Waals surface area contributed by atoms with E-state index in [2.05, 4.69) is 10.3 Å². The fraction of sp³-hybridized carbons (Fsp3) is 0.529. The Kier molecular flexibility index (Phi) is 2.68. The van der Waals surface area contributed by atoms with Crippen molar-refractivity contribution in [3.63, 3.8) is 0 Å². The van der Waals surface area contributed by atoms with Crippen molar-refractivity contribution in [1.29, 1.82) is 0 Å². The Morgan fingerprint density at radius 1 is 1.21 bits per heavy atom. The van der Waals surface area contributed by atoms with Crippen molar-refractivity contribution in [1.82, 2.24) is 15.0 Å². The highest BCUT2D eigenvalue weighted by atomic mass is 16.8. The van der Waals surface area contributed by atoms with Crippen LogP contribution in [0.15, 0.2) is 24.3 Å². The first kappa shape index (κ1) is 14.5.